The maximum atomic E-state index is 12.6. The minimum atomic E-state index is -1.30. The Balaban J connectivity index is 2.37. The molecule has 5 nitrogen and oxygen atoms in total. The fraction of sp³-hybridized carbons (Fsp3) is 0. The minimum Gasteiger partial charge on any atom is -0.474 e. The van der Waals surface area contributed by atoms with Crippen LogP contribution in [0.5, 0.6) is 0 Å². The molecule has 2 aromatic rings. The van der Waals surface area contributed by atoms with Crippen LogP contribution in [-0.2, 0) is 0 Å². The predicted octanol–water partition coefficient (Wildman–Crippen LogP) is 1.57. The Kier molecular flexibility index (Phi) is 2.17. The van der Waals surface area contributed by atoms with E-state index in [1.54, 1.807) is 0 Å². The van der Waals surface area contributed by atoms with Crippen LogP contribution >= 0.6 is 0 Å². The van der Waals surface area contributed by atoms with E-state index in [0.29, 0.717) is 5.56 Å². The second-order valence-corrected chi connectivity index (χ2v) is 2.72. The first-order valence-corrected chi connectivity index (χ1v) is 3.99. The molecule has 1 aromatic carbocycles. The number of halogens is 1. The van der Waals surface area contributed by atoms with E-state index in [9.17, 15) is 9.18 Å². The van der Waals surface area contributed by atoms with Crippen molar-refractivity contribution in [2.24, 2.45) is 0 Å². The van der Waals surface area contributed by atoms with Gasteiger partial charge in [0.2, 0.25) is 5.89 Å². The number of aromatic carboxylic acids is 1. The lowest BCUT2D eigenvalue weighted by molar-refractivity contribution is 0.0654. The summed E-state index contributed by atoms with van der Waals surface area (Å²) in [7, 11) is 0. The molecule has 1 N–H and O–H groups in total. The van der Waals surface area contributed by atoms with E-state index in [1.807, 2.05) is 0 Å². The smallest absolute Gasteiger partial charge is 0.393 e. The molecule has 0 bridgehead atoms. The lowest BCUT2D eigenvalue weighted by Crippen LogP contribution is -1.95. The molecule has 0 radical (unpaired) electrons. The van der Waals surface area contributed by atoms with Gasteiger partial charge in [-0.1, -0.05) is 0 Å². The van der Waals surface area contributed by atoms with E-state index in [-0.39, 0.29) is 5.89 Å². The number of rotatable bonds is 2. The van der Waals surface area contributed by atoms with Crippen molar-refractivity contribution in [2.45, 2.75) is 0 Å². The summed E-state index contributed by atoms with van der Waals surface area (Å²) in [6.07, 6.45) is 0. The van der Waals surface area contributed by atoms with Gasteiger partial charge in [-0.15, -0.1) is 10.2 Å². The van der Waals surface area contributed by atoms with Crippen molar-refractivity contribution < 1.29 is 18.7 Å². The van der Waals surface area contributed by atoms with Crippen LogP contribution in [0.15, 0.2) is 28.7 Å². The molecular formula is C9H5FN2O3. The molecule has 0 aliphatic rings. The molecule has 0 unspecified atom stereocenters. The molecular weight excluding hydrogens is 203 g/mol. The summed E-state index contributed by atoms with van der Waals surface area (Å²) in [4.78, 5) is 10.4. The molecule has 2 rings (SSSR count). The zero-order valence-electron chi connectivity index (χ0n) is 7.35. The van der Waals surface area contributed by atoms with Gasteiger partial charge in [0.25, 0.3) is 0 Å². The number of benzene rings is 1. The number of hydrogen-bond donors (Lipinski definition) is 1. The first kappa shape index (κ1) is 9.32. The van der Waals surface area contributed by atoms with Gasteiger partial charge < -0.3 is 9.52 Å². The Bertz CT molecular complexity index is 492. The van der Waals surface area contributed by atoms with Gasteiger partial charge in [-0.2, -0.15) is 0 Å². The van der Waals surface area contributed by atoms with Crippen LogP contribution in [0.4, 0.5) is 4.39 Å². The largest absolute Gasteiger partial charge is 0.474 e. The standard InChI is InChI=1S/C9H5FN2O3/c10-6-3-1-5(2-4-6)7-11-12-8(15-7)9(13)14/h1-4H,(H,13,14). The Labute approximate surface area is 83.2 Å². The molecule has 1 aromatic heterocycles. The monoisotopic (exact) mass is 208 g/mol. The Hall–Kier alpha value is -2.24. The highest BCUT2D eigenvalue weighted by molar-refractivity contribution is 5.82. The summed E-state index contributed by atoms with van der Waals surface area (Å²) in [6, 6.07) is 5.29. The molecule has 0 saturated carbocycles. The number of carboxylic acid groups (broad SMARTS) is 1. The average Bonchev–Trinajstić information content (AvgIpc) is 2.68. The van der Waals surface area contributed by atoms with Crippen molar-refractivity contribution in [2.75, 3.05) is 0 Å². The lowest BCUT2D eigenvalue weighted by Gasteiger charge is -1.92. The van der Waals surface area contributed by atoms with Gasteiger partial charge in [0, 0.05) is 5.56 Å². The van der Waals surface area contributed by atoms with Gasteiger partial charge in [0.15, 0.2) is 0 Å². The van der Waals surface area contributed by atoms with Crippen LogP contribution in [0.25, 0.3) is 11.5 Å². The number of aromatic nitrogens is 2. The molecule has 15 heavy (non-hydrogen) atoms. The molecule has 0 fully saturated rings. The zero-order chi connectivity index (χ0) is 10.8. The molecule has 0 saturated heterocycles. The van der Waals surface area contributed by atoms with Gasteiger partial charge in [-0.05, 0) is 24.3 Å². The summed E-state index contributed by atoms with van der Waals surface area (Å²) in [5.74, 6) is -2.13. The SMILES string of the molecule is O=C(O)c1nnc(-c2ccc(F)cc2)o1. The molecule has 0 atom stereocenters. The minimum absolute atomic E-state index is 0.0485. The highest BCUT2D eigenvalue weighted by Crippen LogP contribution is 2.17. The van der Waals surface area contributed by atoms with Crippen molar-refractivity contribution in [3.63, 3.8) is 0 Å². The molecule has 0 aliphatic carbocycles. The third-order valence-electron chi connectivity index (χ3n) is 1.70. The highest BCUT2D eigenvalue weighted by Gasteiger charge is 2.13. The lowest BCUT2D eigenvalue weighted by atomic mass is 10.2. The molecule has 76 valence electrons. The van der Waals surface area contributed by atoms with Gasteiger partial charge in [-0.25, -0.2) is 9.18 Å². The fourth-order valence-electron chi connectivity index (χ4n) is 1.02. The quantitative estimate of drug-likeness (QED) is 0.810. The van der Waals surface area contributed by atoms with Gasteiger partial charge in [0.1, 0.15) is 5.82 Å². The molecule has 0 spiro atoms. The van der Waals surface area contributed by atoms with Gasteiger partial charge in [0.05, 0.1) is 0 Å². The highest BCUT2D eigenvalue weighted by atomic mass is 19.1. The molecule has 0 amide bonds. The van der Waals surface area contributed by atoms with Gasteiger partial charge in [-0.3, -0.25) is 0 Å². The van der Waals surface area contributed by atoms with Crippen LogP contribution in [0.1, 0.15) is 10.7 Å². The Morgan fingerprint density at radius 1 is 1.27 bits per heavy atom. The van der Waals surface area contributed by atoms with E-state index in [4.69, 9.17) is 9.52 Å². The van der Waals surface area contributed by atoms with Crippen molar-refractivity contribution in [1.82, 2.24) is 10.2 Å². The summed E-state index contributed by atoms with van der Waals surface area (Å²) in [5, 5.41) is 15.4. The first-order valence-electron chi connectivity index (χ1n) is 3.99. The van der Waals surface area contributed by atoms with Crippen molar-refractivity contribution >= 4 is 5.97 Å². The molecule has 0 aliphatic heterocycles. The molecule has 1 heterocycles. The van der Waals surface area contributed by atoms with Crippen LogP contribution in [0, 0.1) is 5.82 Å². The van der Waals surface area contributed by atoms with Crippen molar-refractivity contribution in [3.8, 4) is 11.5 Å². The second kappa shape index (κ2) is 3.49. The van der Waals surface area contributed by atoms with Crippen LogP contribution in [0.3, 0.4) is 0 Å². The van der Waals surface area contributed by atoms with Crippen molar-refractivity contribution in [3.05, 3.63) is 36.0 Å². The van der Waals surface area contributed by atoms with E-state index in [1.165, 1.54) is 24.3 Å². The van der Waals surface area contributed by atoms with E-state index < -0.39 is 17.7 Å². The first-order chi connectivity index (χ1) is 7.16. The Morgan fingerprint density at radius 3 is 2.47 bits per heavy atom. The van der Waals surface area contributed by atoms with E-state index in [2.05, 4.69) is 10.2 Å². The van der Waals surface area contributed by atoms with Crippen molar-refractivity contribution in [1.29, 1.82) is 0 Å². The summed E-state index contributed by atoms with van der Waals surface area (Å²) >= 11 is 0. The second-order valence-electron chi connectivity index (χ2n) is 2.72. The summed E-state index contributed by atoms with van der Waals surface area (Å²) in [5.41, 5.74) is 0.469. The number of carbonyl (C=O) groups is 1. The van der Waals surface area contributed by atoms with E-state index in [0.717, 1.165) is 0 Å². The molecule has 6 heteroatoms. The van der Waals surface area contributed by atoms with E-state index >= 15 is 0 Å². The van der Waals surface area contributed by atoms with Crippen LogP contribution in [0.2, 0.25) is 0 Å². The fourth-order valence-corrected chi connectivity index (χ4v) is 1.02. The zero-order valence-corrected chi connectivity index (χ0v) is 7.35. The summed E-state index contributed by atoms with van der Waals surface area (Å²) < 4.78 is 17.4. The van der Waals surface area contributed by atoms with Crippen LogP contribution in [-0.4, -0.2) is 21.3 Å². The average molecular weight is 208 g/mol. The number of carboxylic acids is 1. The third kappa shape index (κ3) is 1.83. The number of nitrogens with zero attached hydrogens (tertiary/aromatic N) is 2. The normalized spacial score (nSPS) is 10.2. The van der Waals surface area contributed by atoms with Crippen LogP contribution < -0.4 is 0 Å². The maximum absolute atomic E-state index is 12.6. The third-order valence-corrected chi connectivity index (χ3v) is 1.70. The maximum Gasteiger partial charge on any atom is 0.393 e. The summed E-state index contributed by atoms with van der Waals surface area (Å²) in [6.45, 7) is 0. The number of hydrogen-bond acceptors (Lipinski definition) is 4. The topological polar surface area (TPSA) is 76.2 Å². The predicted molar refractivity (Wildman–Crippen MR) is 46.7 cm³/mol. The van der Waals surface area contributed by atoms with Gasteiger partial charge >= 0.3 is 11.9 Å². The Morgan fingerprint density at radius 2 is 1.93 bits per heavy atom.